The van der Waals surface area contributed by atoms with Crippen LogP contribution in [0.2, 0.25) is 0 Å². The average Bonchev–Trinajstić information content (AvgIpc) is 2.63. The molecule has 0 bridgehead atoms. The predicted octanol–water partition coefficient (Wildman–Crippen LogP) is 2.07. The summed E-state index contributed by atoms with van der Waals surface area (Å²) in [5, 5.41) is 29.5. The van der Waals surface area contributed by atoms with Crippen molar-refractivity contribution in [1.82, 2.24) is 4.98 Å². The molecule has 1 aliphatic rings. The lowest BCUT2D eigenvalue weighted by molar-refractivity contribution is -0.0786. The highest BCUT2D eigenvalue weighted by Gasteiger charge is 2.38. The monoisotopic (exact) mass is 377 g/mol. The SMILES string of the molecule is CC(C)Oc1ccc(-c2cncc(O[C@H]3SC[C@@H](O)[C@H](O)[C@H]3O)c2)cc1. The average molecular weight is 377 g/mol. The van der Waals surface area contributed by atoms with E-state index in [0.717, 1.165) is 16.9 Å². The highest BCUT2D eigenvalue weighted by molar-refractivity contribution is 7.99. The summed E-state index contributed by atoms with van der Waals surface area (Å²) in [6.07, 6.45) is 0.0720. The van der Waals surface area contributed by atoms with Crippen LogP contribution in [-0.4, -0.2) is 55.9 Å². The number of hydrogen-bond donors (Lipinski definition) is 3. The minimum atomic E-state index is -1.22. The molecule has 1 aromatic carbocycles. The van der Waals surface area contributed by atoms with E-state index in [4.69, 9.17) is 9.47 Å². The number of pyridine rings is 1. The molecule has 140 valence electrons. The Bertz CT molecular complexity index is 724. The fraction of sp³-hybridized carbons (Fsp3) is 0.421. The van der Waals surface area contributed by atoms with Gasteiger partial charge in [0.25, 0.3) is 0 Å². The second-order valence-corrected chi connectivity index (χ2v) is 7.60. The highest BCUT2D eigenvalue weighted by Crippen LogP contribution is 2.31. The lowest BCUT2D eigenvalue weighted by atomic mass is 10.1. The van der Waals surface area contributed by atoms with Crippen molar-refractivity contribution in [2.45, 2.75) is 43.7 Å². The normalized spacial score (nSPS) is 25.9. The molecule has 26 heavy (non-hydrogen) atoms. The Kier molecular flexibility index (Phi) is 6.03. The van der Waals surface area contributed by atoms with Crippen LogP contribution in [0.5, 0.6) is 11.5 Å². The number of aromatic nitrogens is 1. The number of benzene rings is 1. The maximum Gasteiger partial charge on any atom is 0.173 e. The molecule has 0 radical (unpaired) electrons. The van der Waals surface area contributed by atoms with Crippen LogP contribution in [0.3, 0.4) is 0 Å². The number of thioether (sulfide) groups is 1. The minimum absolute atomic E-state index is 0.118. The highest BCUT2D eigenvalue weighted by atomic mass is 32.2. The summed E-state index contributed by atoms with van der Waals surface area (Å²) in [7, 11) is 0. The van der Waals surface area contributed by atoms with Crippen LogP contribution >= 0.6 is 11.8 Å². The van der Waals surface area contributed by atoms with Crippen molar-refractivity contribution in [3.63, 3.8) is 0 Å². The number of aliphatic hydroxyl groups is 3. The molecule has 0 amide bonds. The van der Waals surface area contributed by atoms with Crippen LogP contribution in [0.1, 0.15) is 13.8 Å². The van der Waals surface area contributed by atoms with Gasteiger partial charge in [-0.2, -0.15) is 0 Å². The van der Waals surface area contributed by atoms with E-state index in [1.165, 1.54) is 11.8 Å². The Hall–Kier alpha value is -1.80. The minimum Gasteiger partial charge on any atom is -0.491 e. The number of nitrogens with zero attached hydrogens (tertiary/aromatic N) is 1. The van der Waals surface area contributed by atoms with E-state index in [0.29, 0.717) is 11.5 Å². The second kappa shape index (κ2) is 8.26. The summed E-state index contributed by atoms with van der Waals surface area (Å²) in [6.45, 7) is 3.96. The van der Waals surface area contributed by atoms with E-state index in [1.807, 2.05) is 44.2 Å². The van der Waals surface area contributed by atoms with Crippen molar-refractivity contribution in [1.29, 1.82) is 0 Å². The molecule has 2 aromatic rings. The second-order valence-electron chi connectivity index (χ2n) is 6.47. The Morgan fingerprint density at radius 1 is 1.00 bits per heavy atom. The van der Waals surface area contributed by atoms with Crippen molar-refractivity contribution in [2.75, 3.05) is 5.75 Å². The molecule has 0 unspecified atom stereocenters. The quantitative estimate of drug-likeness (QED) is 0.735. The van der Waals surface area contributed by atoms with Gasteiger partial charge in [-0.05, 0) is 37.6 Å². The van der Waals surface area contributed by atoms with Gasteiger partial charge >= 0.3 is 0 Å². The smallest absolute Gasteiger partial charge is 0.173 e. The molecule has 1 fully saturated rings. The van der Waals surface area contributed by atoms with Gasteiger partial charge in [-0.25, -0.2) is 0 Å². The lowest BCUT2D eigenvalue weighted by Crippen LogP contribution is -2.50. The molecule has 2 heterocycles. The molecule has 0 aliphatic carbocycles. The van der Waals surface area contributed by atoms with Gasteiger partial charge in [-0.15, -0.1) is 11.8 Å². The number of aliphatic hydroxyl groups excluding tert-OH is 3. The summed E-state index contributed by atoms with van der Waals surface area (Å²) >= 11 is 1.26. The van der Waals surface area contributed by atoms with Gasteiger partial charge in [0.1, 0.15) is 23.7 Å². The Morgan fingerprint density at radius 2 is 1.73 bits per heavy atom. The van der Waals surface area contributed by atoms with E-state index in [-0.39, 0.29) is 6.10 Å². The first-order valence-electron chi connectivity index (χ1n) is 8.48. The fourth-order valence-electron chi connectivity index (χ4n) is 2.66. The summed E-state index contributed by atoms with van der Waals surface area (Å²) in [4.78, 5) is 4.20. The number of ether oxygens (including phenoxy) is 2. The van der Waals surface area contributed by atoms with Crippen molar-refractivity contribution < 1.29 is 24.8 Å². The molecule has 1 aromatic heterocycles. The predicted molar refractivity (Wildman–Crippen MR) is 100 cm³/mol. The molecule has 1 aliphatic heterocycles. The van der Waals surface area contributed by atoms with E-state index < -0.39 is 23.7 Å². The lowest BCUT2D eigenvalue weighted by Gasteiger charge is -2.34. The molecule has 4 atom stereocenters. The number of hydrogen-bond acceptors (Lipinski definition) is 7. The molecule has 6 nitrogen and oxygen atoms in total. The third-order valence-electron chi connectivity index (χ3n) is 3.98. The molecule has 3 N–H and O–H groups in total. The van der Waals surface area contributed by atoms with Crippen molar-refractivity contribution in [3.05, 3.63) is 42.7 Å². The Morgan fingerprint density at radius 3 is 2.42 bits per heavy atom. The van der Waals surface area contributed by atoms with E-state index in [9.17, 15) is 15.3 Å². The molecular formula is C19H23NO5S. The van der Waals surface area contributed by atoms with Gasteiger partial charge in [-0.3, -0.25) is 4.98 Å². The maximum atomic E-state index is 10.1. The zero-order valence-electron chi connectivity index (χ0n) is 14.6. The maximum absolute atomic E-state index is 10.1. The van der Waals surface area contributed by atoms with Crippen LogP contribution in [-0.2, 0) is 0 Å². The molecule has 3 rings (SSSR count). The zero-order valence-corrected chi connectivity index (χ0v) is 15.5. The topological polar surface area (TPSA) is 92.0 Å². The first-order chi connectivity index (χ1) is 12.4. The van der Waals surface area contributed by atoms with Gasteiger partial charge < -0.3 is 24.8 Å². The van der Waals surface area contributed by atoms with Gasteiger partial charge in [-0.1, -0.05) is 12.1 Å². The molecular weight excluding hydrogens is 354 g/mol. The van der Waals surface area contributed by atoms with Crippen molar-refractivity contribution in [2.24, 2.45) is 0 Å². The molecule has 7 heteroatoms. The van der Waals surface area contributed by atoms with E-state index in [2.05, 4.69) is 4.98 Å². The zero-order chi connectivity index (χ0) is 18.7. The van der Waals surface area contributed by atoms with E-state index in [1.54, 1.807) is 12.4 Å². The third kappa shape index (κ3) is 4.48. The molecule has 1 saturated heterocycles. The largest absolute Gasteiger partial charge is 0.491 e. The summed E-state index contributed by atoms with van der Waals surface area (Å²) in [5.74, 6) is 1.59. The standard InChI is InChI=1S/C19H23NO5S/c1-11(2)24-14-5-3-12(4-6-14)13-7-15(9-20-8-13)25-19-18(23)17(22)16(21)10-26-19/h3-9,11,16-19,21-23H,10H2,1-2H3/t16-,17+,18-,19+/m1/s1. The van der Waals surface area contributed by atoms with Crippen molar-refractivity contribution >= 4 is 11.8 Å². The molecule has 0 spiro atoms. The summed E-state index contributed by atoms with van der Waals surface area (Å²) in [6, 6.07) is 9.53. The Balaban J connectivity index is 1.72. The summed E-state index contributed by atoms with van der Waals surface area (Å²) < 4.78 is 11.4. The van der Waals surface area contributed by atoms with E-state index >= 15 is 0 Å². The fourth-order valence-corrected chi connectivity index (χ4v) is 3.78. The van der Waals surface area contributed by atoms with Gasteiger partial charge in [0.05, 0.1) is 18.4 Å². The van der Waals surface area contributed by atoms with Crippen LogP contribution in [0.25, 0.3) is 11.1 Å². The van der Waals surface area contributed by atoms with Crippen LogP contribution in [0.4, 0.5) is 0 Å². The van der Waals surface area contributed by atoms with Crippen LogP contribution < -0.4 is 9.47 Å². The van der Waals surface area contributed by atoms with Gasteiger partial charge in [0.15, 0.2) is 5.44 Å². The van der Waals surface area contributed by atoms with Gasteiger partial charge in [0, 0.05) is 17.5 Å². The van der Waals surface area contributed by atoms with Gasteiger partial charge in [0.2, 0.25) is 0 Å². The molecule has 0 saturated carbocycles. The van der Waals surface area contributed by atoms with Crippen LogP contribution in [0.15, 0.2) is 42.7 Å². The van der Waals surface area contributed by atoms with Crippen LogP contribution in [0, 0.1) is 0 Å². The summed E-state index contributed by atoms with van der Waals surface area (Å²) in [5.41, 5.74) is 1.17. The number of rotatable bonds is 5. The first kappa shape index (κ1) is 19.0. The Labute approximate surface area is 156 Å². The first-order valence-corrected chi connectivity index (χ1v) is 9.53. The van der Waals surface area contributed by atoms with Crippen molar-refractivity contribution in [3.8, 4) is 22.6 Å². The third-order valence-corrected chi connectivity index (χ3v) is 5.22.